The first-order chi connectivity index (χ1) is 7.74. The van der Waals surface area contributed by atoms with Gasteiger partial charge in [0.2, 0.25) is 0 Å². The van der Waals surface area contributed by atoms with Crippen LogP contribution in [0.2, 0.25) is 0 Å². The van der Waals surface area contributed by atoms with E-state index in [2.05, 4.69) is 0 Å². The summed E-state index contributed by atoms with van der Waals surface area (Å²) >= 11 is 0. The lowest BCUT2D eigenvalue weighted by Crippen LogP contribution is -2.11. The molecule has 1 fully saturated rings. The number of aliphatic carboxylic acids is 1. The molecule has 0 spiro atoms. The summed E-state index contributed by atoms with van der Waals surface area (Å²) in [6, 6.07) is 0. The summed E-state index contributed by atoms with van der Waals surface area (Å²) < 4.78 is 0. The number of carbonyl (C=O) groups is 1. The lowest BCUT2D eigenvalue weighted by molar-refractivity contribution is -0.137. The van der Waals surface area contributed by atoms with Crippen LogP contribution in [0.3, 0.4) is 0 Å². The van der Waals surface area contributed by atoms with Crippen LogP contribution in [0.15, 0.2) is 0 Å². The minimum Gasteiger partial charge on any atom is -0.481 e. The van der Waals surface area contributed by atoms with Crippen LogP contribution in [0, 0.1) is 11.8 Å². The zero-order valence-electron chi connectivity index (χ0n) is 10.0. The predicted molar refractivity (Wildman–Crippen MR) is 63.3 cm³/mol. The standard InChI is InChI=1S/C13H24O3/c14-10-12-8-5-7-11(12)6-3-1-2-4-9-13(15)16/h11-12,14H,1-10H2,(H,15,16). The Morgan fingerprint density at radius 2 is 1.75 bits per heavy atom. The van der Waals surface area contributed by atoms with Crippen molar-refractivity contribution in [1.82, 2.24) is 0 Å². The molecule has 0 aromatic heterocycles. The van der Waals surface area contributed by atoms with Crippen molar-refractivity contribution in [3.8, 4) is 0 Å². The molecular formula is C13H24O3. The SMILES string of the molecule is O=C(O)CCCCCCC1CCCC1CO. The van der Waals surface area contributed by atoms with E-state index < -0.39 is 5.97 Å². The van der Waals surface area contributed by atoms with Crippen molar-refractivity contribution < 1.29 is 15.0 Å². The molecule has 3 heteroatoms. The number of aliphatic hydroxyl groups is 1. The topological polar surface area (TPSA) is 57.5 Å². The van der Waals surface area contributed by atoms with Crippen LogP contribution >= 0.6 is 0 Å². The Labute approximate surface area is 97.9 Å². The van der Waals surface area contributed by atoms with E-state index in [1.54, 1.807) is 0 Å². The van der Waals surface area contributed by atoms with Gasteiger partial charge in [-0.3, -0.25) is 4.79 Å². The van der Waals surface area contributed by atoms with Crippen molar-refractivity contribution in [1.29, 1.82) is 0 Å². The van der Waals surface area contributed by atoms with Crippen molar-refractivity contribution in [2.24, 2.45) is 11.8 Å². The predicted octanol–water partition coefficient (Wildman–Crippen LogP) is 2.82. The summed E-state index contributed by atoms with van der Waals surface area (Å²) in [5.74, 6) is 0.583. The second-order valence-corrected chi connectivity index (χ2v) is 4.98. The zero-order chi connectivity index (χ0) is 11.8. The van der Waals surface area contributed by atoms with Gasteiger partial charge in [-0.15, -0.1) is 0 Å². The molecule has 1 saturated carbocycles. The minimum absolute atomic E-state index is 0.308. The lowest BCUT2D eigenvalue weighted by Gasteiger charge is -2.16. The number of hydrogen-bond donors (Lipinski definition) is 2. The molecule has 16 heavy (non-hydrogen) atoms. The van der Waals surface area contributed by atoms with E-state index in [1.165, 1.54) is 32.1 Å². The molecule has 0 amide bonds. The van der Waals surface area contributed by atoms with Crippen LogP contribution in [0.4, 0.5) is 0 Å². The Balaban J connectivity index is 1.96. The van der Waals surface area contributed by atoms with Gasteiger partial charge in [-0.2, -0.15) is 0 Å². The molecule has 1 aliphatic carbocycles. The Bertz CT molecular complexity index is 203. The van der Waals surface area contributed by atoms with Crippen molar-refractivity contribution in [3.05, 3.63) is 0 Å². The van der Waals surface area contributed by atoms with Gasteiger partial charge in [0.05, 0.1) is 0 Å². The molecule has 1 aliphatic rings. The third-order valence-electron chi connectivity index (χ3n) is 3.77. The van der Waals surface area contributed by atoms with E-state index in [4.69, 9.17) is 5.11 Å². The number of carboxylic acids is 1. The van der Waals surface area contributed by atoms with Crippen molar-refractivity contribution in [2.75, 3.05) is 6.61 Å². The van der Waals surface area contributed by atoms with Gasteiger partial charge >= 0.3 is 5.97 Å². The van der Waals surface area contributed by atoms with Crippen molar-refractivity contribution in [3.63, 3.8) is 0 Å². The van der Waals surface area contributed by atoms with Crippen molar-refractivity contribution in [2.45, 2.75) is 57.8 Å². The average molecular weight is 228 g/mol. The van der Waals surface area contributed by atoms with Gasteiger partial charge in [0.1, 0.15) is 0 Å². The molecule has 0 aromatic rings. The van der Waals surface area contributed by atoms with Crippen LogP contribution in [0.1, 0.15) is 57.8 Å². The fourth-order valence-electron chi connectivity index (χ4n) is 2.77. The van der Waals surface area contributed by atoms with Crippen LogP contribution in [0.5, 0.6) is 0 Å². The van der Waals surface area contributed by atoms with E-state index in [0.29, 0.717) is 18.9 Å². The third kappa shape index (κ3) is 4.97. The van der Waals surface area contributed by atoms with E-state index in [9.17, 15) is 9.90 Å². The largest absolute Gasteiger partial charge is 0.481 e. The number of hydrogen-bond acceptors (Lipinski definition) is 2. The summed E-state index contributed by atoms with van der Waals surface area (Å²) in [4.78, 5) is 10.3. The Hall–Kier alpha value is -0.570. The highest BCUT2D eigenvalue weighted by atomic mass is 16.4. The molecule has 0 saturated heterocycles. The maximum absolute atomic E-state index is 10.3. The fraction of sp³-hybridized carbons (Fsp3) is 0.923. The maximum atomic E-state index is 10.3. The molecular weight excluding hydrogens is 204 g/mol. The van der Waals surface area contributed by atoms with Gasteiger partial charge in [0.15, 0.2) is 0 Å². The normalized spacial score (nSPS) is 24.8. The minimum atomic E-state index is -0.684. The smallest absolute Gasteiger partial charge is 0.303 e. The van der Waals surface area contributed by atoms with E-state index in [1.807, 2.05) is 0 Å². The first kappa shape index (κ1) is 13.5. The molecule has 2 unspecified atom stereocenters. The first-order valence-corrected chi connectivity index (χ1v) is 6.56. The summed E-state index contributed by atoms with van der Waals surface area (Å²) in [6.07, 6.45) is 9.45. The second kappa shape index (κ2) is 7.66. The third-order valence-corrected chi connectivity index (χ3v) is 3.77. The molecule has 0 bridgehead atoms. The van der Waals surface area contributed by atoms with Gasteiger partial charge in [0.25, 0.3) is 0 Å². The maximum Gasteiger partial charge on any atom is 0.303 e. The molecule has 0 heterocycles. The van der Waals surface area contributed by atoms with Gasteiger partial charge in [-0.25, -0.2) is 0 Å². The highest BCUT2D eigenvalue weighted by molar-refractivity contribution is 5.66. The highest BCUT2D eigenvalue weighted by Gasteiger charge is 2.25. The van der Waals surface area contributed by atoms with Gasteiger partial charge in [-0.1, -0.05) is 38.5 Å². The lowest BCUT2D eigenvalue weighted by atomic mass is 9.91. The molecule has 3 nitrogen and oxygen atoms in total. The Morgan fingerprint density at radius 3 is 2.44 bits per heavy atom. The van der Waals surface area contributed by atoms with E-state index >= 15 is 0 Å². The molecule has 2 N–H and O–H groups in total. The molecule has 94 valence electrons. The van der Waals surface area contributed by atoms with Gasteiger partial charge in [-0.05, 0) is 24.7 Å². The quantitative estimate of drug-likeness (QED) is 0.628. The molecule has 2 atom stereocenters. The van der Waals surface area contributed by atoms with E-state index in [-0.39, 0.29) is 0 Å². The fourth-order valence-corrected chi connectivity index (χ4v) is 2.77. The summed E-state index contributed by atoms with van der Waals surface area (Å²) in [7, 11) is 0. The first-order valence-electron chi connectivity index (χ1n) is 6.56. The molecule has 0 aliphatic heterocycles. The second-order valence-electron chi connectivity index (χ2n) is 4.98. The van der Waals surface area contributed by atoms with Crippen LogP contribution in [0.25, 0.3) is 0 Å². The number of aliphatic hydroxyl groups excluding tert-OH is 1. The van der Waals surface area contributed by atoms with Crippen LogP contribution in [-0.2, 0) is 4.79 Å². The van der Waals surface area contributed by atoms with Gasteiger partial charge in [0, 0.05) is 13.0 Å². The monoisotopic (exact) mass is 228 g/mol. The highest BCUT2D eigenvalue weighted by Crippen LogP contribution is 2.34. The summed E-state index contributed by atoms with van der Waals surface area (Å²) in [6.45, 7) is 0.351. The number of unbranched alkanes of at least 4 members (excludes halogenated alkanes) is 3. The number of rotatable bonds is 8. The zero-order valence-corrected chi connectivity index (χ0v) is 10.0. The van der Waals surface area contributed by atoms with Crippen LogP contribution in [-0.4, -0.2) is 22.8 Å². The molecule has 1 rings (SSSR count). The summed E-state index contributed by atoms with van der Waals surface area (Å²) in [5.41, 5.74) is 0. The molecule has 0 aromatic carbocycles. The Morgan fingerprint density at radius 1 is 1.06 bits per heavy atom. The molecule has 0 radical (unpaired) electrons. The number of carboxylic acid groups (broad SMARTS) is 1. The van der Waals surface area contributed by atoms with E-state index in [0.717, 1.165) is 25.2 Å². The van der Waals surface area contributed by atoms with Gasteiger partial charge < -0.3 is 10.2 Å². The summed E-state index contributed by atoms with van der Waals surface area (Å²) in [5, 5.41) is 17.7. The average Bonchev–Trinajstić information content (AvgIpc) is 2.70. The van der Waals surface area contributed by atoms with Crippen molar-refractivity contribution >= 4 is 5.97 Å². The Kier molecular flexibility index (Phi) is 6.46. The van der Waals surface area contributed by atoms with Crippen LogP contribution < -0.4 is 0 Å².